The fourth-order valence-electron chi connectivity index (χ4n) is 1.51. The van der Waals surface area contributed by atoms with Gasteiger partial charge in [-0.2, -0.15) is 0 Å². The first-order chi connectivity index (χ1) is 7.20. The minimum absolute atomic E-state index is 0.0263. The van der Waals surface area contributed by atoms with Gasteiger partial charge in [0.1, 0.15) is 5.69 Å². The van der Waals surface area contributed by atoms with E-state index in [0.29, 0.717) is 25.2 Å². The third-order valence-corrected chi connectivity index (χ3v) is 2.42. The summed E-state index contributed by atoms with van der Waals surface area (Å²) in [7, 11) is 1.85. The van der Waals surface area contributed by atoms with Crippen LogP contribution in [0.4, 0.5) is 0 Å². The lowest BCUT2D eigenvalue weighted by Gasteiger charge is -2.20. The molecule has 0 spiro atoms. The Morgan fingerprint density at radius 1 is 1.60 bits per heavy atom. The van der Waals surface area contributed by atoms with Crippen LogP contribution < -0.4 is 0 Å². The van der Waals surface area contributed by atoms with Gasteiger partial charge in [-0.15, -0.1) is 0 Å². The maximum Gasteiger partial charge on any atom is 0.270 e. The molecule has 4 heteroatoms. The SMILES string of the molecule is CCN(CCCO)C(=O)c1cccn1C. The fourth-order valence-corrected chi connectivity index (χ4v) is 1.51. The van der Waals surface area contributed by atoms with Crippen molar-refractivity contribution in [2.45, 2.75) is 13.3 Å². The van der Waals surface area contributed by atoms with E-state index in [0.717, 1.165) is 0 Å². The number of hydrogen-bond donors (Lipinski definition) is 1. The number of carbonyl (C=O) groups is 1. The topological polar surface area (TPSA) is 45.5 Å². The van der Waals surface area contributed by atoms with Crippen LogP contribution in [0, 0.1) is 0 Å². The van der Waals surface area contributed by atoms with E-state index < -0.39 is 0 Å². The van der Waals surface area contributed by atoms with E-state index in [1.165, 1.54) is 0 Å². The average Bonchev–Trinajstić information content (AvgIpc) is 2.65. The van der Waals surface area contributed by atoms with Crippen LogP contribution in [0.25, 0.3) is 0 Å². The predicted octanol–water partition coefficient (Wildman–Crippen LogP) is 0.870. The molecule has 1 aromatic heterocycles. The van der Waals surface area contributed by atoms with Crippen molar-refractivity contribution >= 4 is 5.91 Å². The van der Waals surface area contributed by atoms with Gasteiger partial charge < -0.3 is 14.6 Å². The van der Waals surface area contributed by atoms with Gasteiger partial charge in [-0.1, -0.05) is 0 Å². The monoisotopic (exact) mass is 210 g/mol. The third kappa shape index (κ3) is 2.83. The van der Waals surface area contributed by atoms with Crippen LogP contribution in [0.2, 0.25) is 0 Å². The molecule has 0 aliphatic carbocycles. The highest BCUT2D eigenvalue weighted by molar-refractivity contribution is 5.92. The predicted molar refractivity (Wildman–Crippen MR) is 58.7 cm³/mol. The molecule has 0 saturated heterocycles. The molecule has 15 heavy (non-hydrogen) atoms. The minimum Gasteiger partial charge on any atom is -0.396 e. The zero-order valence-electron chi connectivity index (χ0n) is 9.31. The summed E-state index contributed by atoms with van der Waals surface area (Å²) in [5.74, 6) is 0.0263. The van der Waals surface area contributed by atoms with Gasteiger partial charge >= 0.3 is 0 Å². The lowest BCUT2D eigenvalue weighted by Crippen LogP contribution is -2.33. The molecule has 0 unspecified atom stereocenters. The van der Waals surface area contributed by atoms with Crippen LogP contribution in [0.15, 0.2) is 18.3 Å². The lowest BCUT2D eigenvalue weighted by atomic mass is 10.3. The smallest absolute Gasteiger partial charge is 0.270 e. The molecule has 0 aromatic carbocycles. The molecule has 1 amide bonds. The van der Waals surface area contributed by atoms with E-state index >= 15 is 0 Å². The van der Waals surface area contributed by atoms with Crippen molar-refractivity contribution in [2.75, 3.05) is 19.7 Å². The van der Waals surface area contributed by atoms with Crippen molar-refractivity contribution in [3.05, 3.63) is 24.0 Å². The van der Waals surface area contributed by atoms with Crippen molar-refractivity contribution in [1.29, 1.82) is 0 Å². The van der Waals surface area contributed by atoms with Crippen molar-refractivity contribution in [3.63, 3.8) is 0 Å². The van der Waals surface area contributed by atoms with Crippen LogP contribution in [-0.4, -0.2) is 40.2 Å². The molecule has 0 fully saturated rings. The highest BCUT2D eigenvalue weighted by Gasteiger charge is 2.15. The number of aliphatic hydroxyl groups excluding tert-OH is 1. The van der Waals surface area contributed by atoms with E-state index in [9.17, 15) is 4.79 Å². The average molecular weight is 210 g/mol. The van der Waals surface area contributed by atoms with E-state index in [4.69, 9.17) is 5.11 Å². The van der Waals surface area contributed by atoms with Gasteiger partial charge in [0.25, 0.3) is 5.91 Å². The molecule has 0 saturated carbocycles. The lowest BCUT2D eigenvalue weighted by molar-refractivity contribution is 0.0745. The summed E-state index contributed by atoms with van der Waals surface area (Å²) >= 11 is 0. The Morgan fingerprint density at radius 3 is 2.80 bits per heavy atom. The van der Waals surface area contributed by atoms with E-state index in [-0.39, 0.29) is 12.5 Å². The largest absolute Gasteiger partial charge is 0.396 e. The quantitative estimate of drug-likeness (QED) is 0.783. The summed E-state index contributed by atoms with van der Waals surface area (Å²) < 4.78 is 1.81. The molecular weight excluding hydrogens is 192 g/mol. The molecule has 0 atom stereocenters. The Kier molecular flexibility index (Phi) is 4.37. The van der Waals surface area contributed by atoms with E-state index in [2.05, 4.69) is 0 Å². The Bertz CT molecular complexity index is 320. The van der Waals surface area contributed by atoms with Crippen molar-refractivity contribution in [3.8, 4) is 0 Å². The normalized spacial score (nSPS) is 10.3. The Morgan fingerprint density at radius 2 is 2.33 bits per heavy atom. The Balaban J connectivity index is 2.69. The molecule has 84 valence electrons. The number of nitrogens with zero attached hydrogens (tertiary/aromatic N) is 2. The van der Waals surface area contributed by atoms with Crippen LogP contribution >= 0.6 is 0 Å². The van der Waals surface area contributed by atoms with Crippen molar-refractivity contribution in [1.82, 2.24) is 9.47 Å². The second kappa shape index (κ2) is 5.56. The first-order valence-electron chi connectivity index (χ1n) is 5.22. The first kappa shape index (κ1) is 11.8. The second-order valence-electron chi connectivity index (χ2n) is 3.47. The maximum atomic E-state index is 12.0. The molecule has 0 aliphatic heterocycles. The minimum atomic E-state index is 0.0263. The molecule has 0 aliphatic rings. The fraction of sp³-hybridized carbons (Fsp3) is 0.545. The summed E-state index contributed by atoms with van der Waals surface area (Å²) in [4.78, 5) is 13.7. The van der Waals surface area contributed by atoms with Gasteiger partial charge in [-0.3, -0.25) is 4.79 Å². The zero-order valence-corrected chi connectivity index (χ0v) is 9.31. The van der Waals surface area contributed by atoms with Gasteiger partial charge in [0, 0.05) is 32.9 Å². The van der Waals surface area contributed by atoms with Gasteiger partial charge in [0.15, 0.2) is 0 Å². The van der Waals surface area contributed by atoms with Gasteiger partial charge in [0.05, 0.1) is 0 Å². The van der Waals surface area contributed by atoms with E-state index in [1.807, 2.05) is 36.9 Å². The number of carbonyl (C=O) groups excluding carboxylic acids is 1. The van der Waals surface area contributed by atoms with Crippen LogP contribution in [0.3, 0.4) is 0 Å². The molecule has 1 aromatic rings. The molecule has 1 N–H and O–H groups in total. The summed E-state index contributed by atoms with van der Waals surface area (Å²) in [5, 5.41) is 8.73. The summed E-state index contributed by atoms with van der Waals surface area (Å²) in [6.07, 6.45) is 2.48. The maximum absolute atomic E-state index is 12.0. The number of rotatable bonds is 5. The number of aromatic nitrogens is 1. The van der Waals surface area contributed by atoms with Crippen LogP contribution in [0.5, 0.6) is 0 Å². The van der Waals surface area contributed by atoms with Crippen molar-refractivity contribution < 1.29 is 9.90 Å². The third-order valence-electron chi connectivity index (χ3n) is 2.42. The summed E-state index contributed by atoms with van der Waals surface area (Å²) in [5.41, 5.74) is 0.690. The molecular formula is C11H18N2O2. The number of amides is 1. The number of aryl methyl sites for hydroxylation is 1. The summed E-state index contributed by atoms with van der Waals surface area (Å²) in [6, 6.07) is 3.66. The molecule has 0 bridgehead atoms. The van der Waals surface area contributed by atoms with Gasteiger partial charge in [0.2, 0.25) is 0 Å². The van der Waals surface area contributed by atoms with Crippen LogP contribution in [-0.2, 0) is 7.05 Å². The molecule has 4 nitrogen and oxygen atoms in total. The summed E-state index contributed by atoms with van der Waals surface area (Å²) in [6.45, 7) is 3.34. The Hall–Kier alpha value is -1.29. The first-order valence-corrected chi connectivity index (χ1v) is 5.22. The number of hydrogen-bond acceptors (Lipinski definition) is 2. The van der Waals surface area contributed by atoms with Crippen molar-refractivity contribution in [2.24, 2.45) is 7.05 Å². The highest BCUT2D eigenvalue weighted by Crippen LogP contribution is 2.05. The number of aliphatic hydroxyl groups is 1. The van der Waals surface area contributed by atoms with Gasteiger partial charge in [-0.05, 0) is 25.5 Å². The molecule has 1 rings (SSSR count). The second-order valence-corrected chi connectivity index (χ2v) is 3.47. The van der Waals surface area contributed by atoms with Crippen LogP contribution in [0.1, 0.15) is 23.8 Å². The molecule has 1 heterocycles. The van der Waals surface area contributed by atoms with E-state index in [1.54, 1.807) is 4.90 Å². The molecule has 0 radical (unpaired) electrons. The standard InChI is InChI=1S/C11H18N2O2/c1-3-13(8-5-9-14)11(15)10-6-4-7-12(10)2/h4,6-7,14H,3,5,8-9H2,1-2H3. The highest BCUT2D eigenvalue weighted by atomic mass is 16.3. The Labute approximate surface area is 90.1 Å². The zero-order chi connectivity index (χ0) is 11.3. The van der Waals surface area contributed by atoms with Gasteiger partial charge in [-0.25, -0.2) is 0 Å².